The molecule has 0 aliphatic carbocycles. The van der Waals surface area contributed by atoms with E-state index in [1.54, 1.807) is 42.5 Å². The largest absolute Gasteiger partial charge is 0.488 e. The number of carbonyl (C=O) groups is 1. The second-order valence-electron chi connectivity index (χ2n) is 7.53. The minimum atomic E-state index is -2.33. The number of nitrogens with zero attached hydrogens (tertiary/aromatic N) is 3. The standard InChI is InChI=1S/C25H13BrF5N3O2/c1-12-16(25(35)34(33-12)24-22(30)20(28)19(27)21(29)23(24)31)8-13-6-7-18(17(26)9-13)36-11-15-5-3-2-4-14(15)10-32/h2-9H,11H2,1H3/b16-8+. The Hall–Kier alpha value is -4.04. The fraction of sp³-hybridized carbons (Fsp3) is 0.0800. The third-order valence-electron chi connectivity index (χ3n) is 5.25. The number of ether oxygens (including phenoxy) is 1. The molecule has 0 saturated heterocycles. The molecule has 1 aliphatic heterocycles. The molecule has 0 unspecified atom stereocenters. The zero-order valence-electron chi connectivity index (χ0n) is 18.3. The van der Waals surface area contributed by atoms with Crippen molar-refractivity contribution in [2.24, 2.45) is 5.10 Å². The van der Waals surface area contributed by atoms with Crippen LogP contribution in [0.25, 0.3) is 6.08 Å². The van der Waals surface area contributed by atoms with E-state index in [1.807, 2.05) is 0 Å². The molecule has 3 aromatic carbocycles. The molecule has 11 heteroatoms. The Kier molecular flexibility index (Phi) is 6.90. The van der Waals surface area contributed by atoms with Crippen LogP contribution in [0, 0.1) is 40.4 Å². The van der Waals surface area contributed by atoms with E-state index in [0.29, 0.717) is 26.9 Å². The van der Waals surface area contributed by atoms with E-state index in [1.165, 1.54) is 13.0 Å². The molecule has 36 heavy (non-hydrogen) atoms. The first-order valence-corrected chi connectivity index (χ1v) is 11.0. The summed E-state index contributed by atoms with van der Waals surface area (Å²) in [6.07, 6.45) is 1.35. The van der Waals surface area contributed by atoms with Crippen LogP contribution in [0.3, 0.4) is 0 Å². The number of amides is 1. The fourth-order valence-electron chi connectivity index (χ4n) is 3.42. The van der Waals surface area contributed by atoms with E-state index in [0.717, 1.165) is 0 Å². The normalized spacial score (nSPS) is 14.3. The van der Waals surface area contributed by atoms with Crippen LogP contribution in [0.2, 0.25) is 0 Å². The summed E-state index contributed by atoms with van der Waals surface area (Å²) in [5, 5.41) is 13.0. The van der Waals surface area contributed by atoms with E-state index in [4.69, 9.17) is 4.74 Å². The van der Waals surface area contributed by atoms with Gasteiger partial charge in [0, 0.05) is 5.56 Å². The molecule has 0 bridgehead atoms. The first-order chi connectivity index (χ1) is 17.1. The van der Waals surface area contributed by atoms with E-state index in [9.17, 15) is 32.0 Å². The first kappa shape index (κ1) is 25.1. The minimum Gasteiger partial charge on any atom is -0.488 e. The maximum absolute atomic E-state index is 14.2. The van der Waals surface area contributed by atoms with Crippen molar-refractivity contribution in [2.75, 3.05) is 5.01 Å². The van der Waals surface area contributed by atoms with Crippen molar-refractivity contribution < 1.29 is 31.5 Å². The van der Waals surface area contributed by atoms with Crippen molar-refractivity contribution in [3.8, 4) is 11.8 Å². The number of hydrogen-bond acceptors (Lipinski definition) is 4. The van der Waals surface area contributed by atoms with Crippen LogP contribution in [0.5, 0.6) is 5.75 Å². The highest BCUT2D eigenvalue weighted by atomic mass is 79.9. The monoisotopic (exact) mass is 561 g/mol. The molecule has 0 N–H and O–H groups in total. The van der Waals surface area contributed by atoms with Gasteiger partial charge < -0.3 is 4.74 Å². The number of hydrazone groups is 1. The molecule has 3 aromatic rings. The van der Waals surface area contributed by atoms with Gasteiger partial charge in [0.1, 0.15) is 18.0 Å². The van der Waals surface area contributed by atoms with Crippen LogP contribution in [-0.2, 0) is 11.4 Å². The number of carbonyl (C=O) groups excluding carboxylic acids is 1. The van der Waals surface area contributed by atoms with Gasteiger partial charge in [-0.1, -0.05) is 24.3 Å². The van der Waals surface area contributed by atoms with Gasteiger partial charge in [0.05, 0.1) is 27.4 Å². The number of halogens is 6. The number of hydrogen-bond donors (Lipinski definition) is 0. The van der Waals surface area contributed by atoms with Gasteiger partial charge in [-0.25, -0.2) is 22.0 Å². The fourth-order valence-corrected chi connectivity index (χ4v) is 3.93. The molecule has 1 aliphatic rings. The van der Waals surface area contributed by atoms with E-state index < -0.39 is 40.7 Å². The highest BCUT2D eigenvalue weighted by Gasteiger charge is 2.37. The summed E-state index contributed by atoms with van der Waals surface area (Å²) in [6.45, 7) is 1.48. The number of nitriles is 1. The molecule has 0 spiro atoms. The van der Waals surface area contributed by atoms with Gasteiger partial charge in [0.2, 0.25) is 5.82 Å². The second-order valence-corrected chi connectivity index (χ2v) is 8.38. The summed E-state index contributed by atoms with van der Waals surface area (Å²) < 4.78 is 75.3. The van der Waals surface area contributed by atoms with Crippen molar-refractivity contribution in [1.82, 2.24) is 0 Å². The smallest absolute Gasteiger partial charge is 0.280 e. The summed E-state index contributed by atoms with van der Waals surface area (Å²) in [6, 6.07) is 13.8. The average molecular weight is 562 g/mol. The zero-order chi connectivity index (χ0) is 26.1. The predicted octanol–water partition coefficient (Wildman–Crippen LogP) is 6.40. The van der Waals surface area contributed by atoms with Crippen molar-refractivity contribution in [3.05, 3.63) is 98.3 Å². The lowest BCUT2D eigenvalue weighted by atomic mass is 10.1. The minimum absolute atomic E-state index is 0.00787. The van der Waals surface area contributed by atoms with Gasteiger partial charge in [-0.3, -0.25) is 4.79 Å². The molecule has 4 rings (SSSR count). The van der Waals surface area contributed by atoms with Crippen molar-refractivity contribution in [1.29, 1.82) is 5.26 Å². The quantitative estimate of drug-likeness (QED) is 0.157. The SMILES string of the molecule is CC1=NN(c2c(F)c(F)c(F)c(F)c2F)C(=O)/C1=C/c1ccc(OCc2ccccc2C#N)c(Br)c1. The van der Waals surface area contributed by atoms with Gasteiger partial charge in [-0.15, -0.1) is 0 Å². The topological polar surface area (TPSA) is 65.7 Å². The van der Waals surface area contributed by atoms with E-state index in [2.05, 4.69) is 27.1 Å². The Labute approximate surface area is 209 Å². The summed E-state index contributed by atoms with van der Waals surface area (Å²) >= 11 is 3.36. The maximum atomic E-state index is 14.2. The molecule has 1 amide bonds. The van der Waals surface area contributed by atoms with Crippen LogP contribution in [-0.4, -0.2) is 11.6 Å². The first-order valence-electron chi connectivity index (χ1n) is 10.2. The number of benzene rings is 3. The van der Waals surface area contributed by atoms with Gasteiger partial charge in [0.25, 0.3) is 5.91 Å². The van der Waals surface area contributed by atoms with Crippen molar-refractivity contribution in [3.63, 3.8) is 0 Å². The lowest BCUT2D eigenvalue weighted by molar-refractivity contribution is -0.114. The Morgan fingerprint density at radius 2 is 1.67 bits per heavy atom. The summed E-state index contributed by atoms with van der Waals surface area (Å²) in [5.41, 5.74) is 0.0685. The Morgan fingerprint density at radius 3 is 2.31 bits per heavy atom. The lowest BCUT2D eigenvalue weighted by Gasteiger charge is -2.15. The number of rotatable bonds is 5. The van der Waals surface area contributed by atoms with E-state index >= 15 is 0 Å². The Morgan fingerprint density at radius 1 is 1.03 bits per heavy atom. The van der Waals surface area contributed by atoms with Gasteiger partial charge in [-0.2, -0.15) is 15.4 Å². The highest BCUT2D eigenvalue weighted by molar-refractivity contribution is 9.10. The third-order valence-corrected chi connectivity index (χ3v) is 5.87. The molecular weight excluding hydrogens is 549 g/mol. The van der Waals surface area contributed by atoms with Crippen LogP contribution >= 0.6 is 15.9 Å². The van der Waals surface area contributed by atoms with E-state index in [-0.39, 0.29) is 22.9 Å². The molecule has 5 nitrogen and oxygen atoms in total. The molecule has 182 valence electrons. The van der Waals surface area contributed by atoms with Gasteiger partial charge in [0.15, 0.2) is 23.3 Å². The summed E-state index contributed by atoms with van der Waals surface area (Å²) in [5.74, 6) is -11.7. The molecule has 0 atom stereocenters. The number of anilines is 1. The average Bonchev–Trinajstić information content (AvgIpc) is 3.14. The Balaban J connectivity index is 1.59. The molecule has 0 saturated carbocycles. The van der Waals surface area contributed by atoms with Gasteiger partial charge >= 0.3 is 0 Å². The second kappa shape index (κ2) is 9.91. The maximum Gasteiger partial charge on any atom is 0.280 e. The molecule has 0 aromatic heterocycles. The van der Waals surface area contributed by atoms with Gasteiger partial charge in [-0.05, 0) is 52.7 Å². The van der Waals surface area contributed by atoms with Crippen molar-refractivity contribution in [2.45, 2.75) is 13.5 Å². The zero-order valence-corrected chi connectivity index (χ0v) is 19.8. The molecule has 0 radical (unpaired) electrons. The molecule has 1 heterocycles. The van der Waals surface area contributed by atoms with Crippen LogP contribution in [0.15, 0.2) is 57.6 Å². The highest BCUT2D eigenvalue weighted by Crippen LogP contribution is 2.34. The van der Waals surface area contributed by atoms with Crippen LogP contribution in [0.1, 0.15) is 23.6 Å². The summed E-state index contributed by atoms with van der Waals surface area (Å²) in [7, 11) is 0. The summed E-state index contributed by atoms with van der Waals surface area (Å²) in [4.78, 5) is 12.8. The third kappa shape index (κ3) is 4.47. The predicted molar refractivity (Wildman–Crippen MR) is 124 cm³/mol. The Bertz CT molecular complexity index is 1490. The molecule has 0 fully saturated rings. The van der Waals surface area contributed by atoms with Crippen molar-refractivity contribution >= 4 is 39.3 Å². The van der Waals surface area contributed by atoms with Crippen LogP contribution < -0.4 is 9.75 Å². The van der Waals surface area contributed by atoms with Crippen LogP contribution in [0.4, 0.5) is 27.6 Å². The lowest BCUT2D eigenvalue weighted by Crippen LogP contribution is -2.25. The molecular formula is C25H13BrF5N3O2.